The number of methoxy groups -OCH3 is 1. The van der Waals surface area contributed by atoms with E-state index in [0.29, 0.717) is 17.8 Å². The molecule has 3 heteroatoms. The smallest absolute Gasteiger partial charge is 0.122 e. The molecule has 0 heterocycles. The van der Waals surface area contributed by atoms with Crippen molar-refractivity contribution in [2.24, 2.45) is 4.36 Å². The summed E-state index contributed by atoms with van der Waals surface area (Å²) in [6.07, 6.45) is 0. The van der Waals surface area contributed by atoms with E-state index in [1.165, 1.54) is 60.5 Å². The topological polar surface area (TPSA) is 21.6 Å². The normalized spacial score (nSPS) is 11.4. The molecule has 0 amide bonds. The lowest BCUT2D eigenvalue weighted by Gasteiger charge is -2.23. The largest absolute Gasteiger partial charge is 0.496 e. The molecule has 0 aliphatic heterocycles. The first-order valence-corrected chi connectivity index (χ1v) is 14.3. The first kappa shape index (κ1) is 28.9. The molecule has 0 spiro atoms. The van der Waals surface area contributed by atoms with Gasteiger partial charge in [0.25, 0.3) is 0 Å². The fourth-order valence-electron chi connectivity index (χ4n) is 5.66. The molecule has 0 aliphatic rings. The number of benzene rings is 3. The first-order valence-electron chi connectivity index (χ1n) is 13.5. The minimum Gasteiger partial charge on any atom is -0.496 e. The standard InChI is InChI=1S/C34H45NOS/c1-19(2)27-14-13-15-28(20(3)4)33(27)35-37-34(31-23(8)16-22(7)17-24(31)9)32-25(10)18-29(36-12)30(21(5)6)26(32)11/h13-21H,1-12H3. The molecular formula is C34H45NOS. The molecule has 0 aliphatic carbocycles. The Bertz CT molecular complexity index is 1320. The van der Waals surface area contributed by atoms with Crippen LogP contribution in [0.15, 0.2) is 40.8 Å². The van der Waals surface area contributed by atoms with Crippen molar-refractivity contribution < 1.29 is 4.74 Å². The molecule has 0 unspecified atom stereocenters. The second-order valence-electron chi connectivity index (χ2n) is 11.3. The molecule has 198 valence electrons. The summed E-state index contributed by atoms with van der Waals surface area (Å²) in [4.78, 5) is 1.22. The van der Waals surface area contributed by atoms with Crippen molar-refractivity contribution in [1.82, 2.24) is 0 Å². The minimum absolute atomic E-state index is 0.354. The fourth-order valence-corrected chi connectivity index (χ4v) is 6.87. The van der Waals surface area contributed by atoms with Gasteiger partial charge in [-0.3, -0.25) is 0 Å². The zero-order chi connectivity index (χ0) is 27.6. The third-order valence-electron chi connectivity index (χ3n) is 7.29. The van der Waals surface area contributed by atoms with Crippen LogP contribution in [-0.2, 0) is 11.1 Å². The second kappa shape index (κ2) is 11.8. The summed E-state index contributed by atoms with van der Waals surface area (Å²) in [6, 6.07) is 13.4. The highest BCUT2D eigenvalue weighted by atomic mass is 32.1. The van der Waals surface area contributed by atoms with Crippen LogP contribution in [-0.4, -0.2) is 12.0 Å². The van der Waals surface area contributed by atoms with Gasteiger partial charge in [-0.15, -0.1) is 0 Å². The summed E-state index contributed by atoms with van der Waals surface area (Å²) >= 11 is 1.64. The van der Waals surface area contributed by atoms with Crippen LogP contribution in [0.4, 0.5) is 5.69 Å². The molecule has 0 atom stereocenters. The summed E-state index contributed by atoms with van der Waals surface area (Å²) in [7, 11) is 1.78. The van der Waals surface area contributed by atoms with E-state index < -0.39 is 0 Å². The van der Waals surface area contributed by atoms with Crippen molar-refractivity contribution in [2.45, 2.75) is 93.9 Å². The summed E-state index contributed by atoms with van der Waals surface area (Å²) in [5.74, 6) is 2.13. The van der Waals surface area contributed by atoms with Crippen molar-refractivity contribution in [3.63, 3.8) is 0 Å². The number of nitrogens with zero attached hydrogens (tertiary/aromatic N) is 1. The van der Waals surface area contributed by atoms with Gasteiger partial charge < -0.3 is 4.74 Å². The van der Waals surface area contributed by atoms with Crippen molar-refractivity contribution in [2.75, 3.05) is 7.11 Å². The van der Waals surface area contributed by atoms with Crippen molar-refractivity contribution in [3.05, 3.63) is 92.0 Å². The van der Waals surface area contributed by atoms with Gasteiger partial charge in [0.1, 0.15) is 5.75 Å². The van der Waals surface area contributed by atoms with Gasteiger partial charge in [0.15, 0.2) is 0 Å². The van der Waals surface area contributed by atoms with Crippen molar-refractivity contribution in [1.29, 1.82) is 0 Å². The summed E-state index contributed by atoms with van der Waals surface area (Å²) in [5.41, 5.74) is 14.0. The quantitative estimate of drug-likeness (QED) is 0.227. The van der Waals surface area contributed by atoms with Gasteiger partial charge in [0, 0.05) is 11.1 Å². The highest BCUT2D eigenvalue weighted by molar-refractivity contribution is 7.70. The maximum Gasteiger partial charge on any atom is 0.122 e. The zero-order valence-electron chi connectivity index (χ0n) is 25.0. The minimum atomic E-state index is 0.354. The van der Waals surface area contributed by atoms with Crippen molar-refractivity contribution in [3.8, 4) is 5.75 Å². The molecule has 3 aromatic carbocycles. The maximum absolute atomic E-state index is 5.85. The zero-order valence-corrected chi connectivity index (χ0v) is 25.8. The molecular weight excluding hydrogens is 470 g/mol. The molecule has 0 radical (unpaired) electrons. The summed E-state index contributed by atoms with van der Waals surface area (Å²) in [5, 5.41) is 0. The van der Waals surface area contributed by atoms with Gasteiger partial charge in [0.2, 0.25) is 0 Å². The van der Waals surface area contributed by atoms with E-state index >= 15 is 0 Å². The molecule has 0 saturated heterocycles. The monoisotopic (exact) mass is 515 g/mol. The third kappa shape index (κ3) is 5.93. The Kier molecular flexibility index (Phi) is 9.23. The fraction of sp³-hybridized carbons (Fsp3) is 0.441. The van der Waals surface area contributed by atoms with Crippen LogP contribution in [0, 0.1) is 34.6 Å². The third-order valence-corrected chi connectivity index (χ3v) is 8.15. The van der Waals surface area contributed by atoms with Crippen LogP contribution in [0.3, 0.4) is 0 Å². The van der Waals surface area contributed by atoms with E-state index in [1.807, 2.05) is 0 Å². The Labute approximate surface area is 229 Å². The molecule has 0 saturated carbocycles. The predicted octanol–water partition coefficient (Wildman–Crippen LogP) is 9.77. The van der Waals surface area contributed by atoms with Crippen LogP contribution >= 0.6 is 0 Å². The number of ether oxygens (including phenoxy) is 1. The molecule has 0 N–H and O–H groups in total. The lowest BCUT2D eigenvalue weighted by Crippen LogP contribution is -2.14. The first-order chi connectivity index (χ1) is 17.4. The Balaban J connectivity index is 2.53. The van der Waals surface area contributed by atoms with E-state index in [0.717, 1.165) is 11.4 Å². The van der Waals surface area contributed by atoms with E-state index in [-0.39, 0.29) is 0 Å². The number of aryl methyl sites for hydroxylation is 4. The number of hydrogen-bond acceptors (Lipinski definition) is 2. The van der Waals surface area contributed by atoms with E-state index in [9.17, 15) is 0 Å². The lowest BCUT2D eigenvalue weighted by atomic mass is 9.85. The Morgan fingerprint density at radius 2 is 1.24 bits per heavy atom. The highest BCUT2D eigenvalue weighted by Crippen LogP contribution is 2.37. The van der Waals surface area contributed by atoms with E-state index in [2.05, 4.69) is 113 Å². The predicted molar refractivity (Wildman–Crippen MR) is 164 cm³/mol. The number of hydrogen-bond donors (Lipinski definition) is 0. The summed E-state index contributed by atoms with van der Waals surface area (Å²) < 4.78 is 11.2. The van der Waals surface area contributed by atoms with Crippen molar-refractivity contribution >= 4 is 21.7 Å². The molecule has 0 bridgehead atoms. The SMILES string of the molecule is COc1cc(C)c(C(=S=Nc2c(C(C)C)cccc2C(C)C)c2c(C)cc(C)cc2C)c(C)c1C(C)C. The molecule has 0 fully saturated rings. The Hall–Kier alpha value is -2.65. The molecule has 3 rings (SSSR count). The summed E-state index contributed by atoms with van der Waals surface area (Å²) in [6.45, 7) is 24.6. The van der Waals surface area contributed by atoms with Crippen LogP contribution in [0.5, 0.6) is 5.75 Å². The molecule has 2 nitrogen and oxygen atoms in total. The molecule has 37 heavy (non-hydrogen) atoms. The molecule has 0 aromatic heterocycles. The van der Waals surface area contributed by atoms with Gasteiger partial charge in [-0.05, 0) is 109 Å². The van der Waals surface area contributed by atoms with Gasteiger partial charge >= 0.3 is 0 Å². The second-order valence-corrected chi connectivity index (χ2v) is 12.1. The maximum atomic E-state index is 5.85. The highest BCUT2D eigenvalue weighted by Gasteiger charge is 2.22. The lowest BCUT2D eigenvalue weighted by molar-refractivity contribution is 0.406. The van der Waals surface area contributed by atoms with Gasteiger partial charge in [-0.25, -0.2) is 0 Å². The van der Waals surface area contributed by atoms with Crippen LogP contribution in [0.2, 0.25) is 0 Å². The number of rotatable bonds is 7. The van der Waals surface area contributed by atoms with Crippen LogP contribution < -0.4 is 4.74 Å². The van der Waals surface area contributed by atoms with Gasteiger partial charge in [0.05, 0.1) is 17.7 Å². The van der Waals surface area contributed by atoms with Crippen LogP contribution in [0.1, 0.15) is 115 Å². The Morgan fingerprint density at radius 1 is 0.730 bits per heavy atom. The van der Waals surface area contributed by atoms with E-state index in [1.54, 1.807) is 18.3 Å². The average Bonchev–Trinajstić information content (AvgIpc) is 2.80. The van der Waals surface area contributed by atoms with Crippen LogP contribution in [0.25, 0.3) is 0 Å². The van der Waals surface area contributed by atoms with Gasteiger partial charge in [-0.2, -0.15) is 4.36 Å². The van der Waals surface area contributed by atoms with E-state index in [4.69, 9.17) is 9.10 Å². The average molecular weight is 516 g/mol. The van der Waals surface area contributed by atoms with Gasteiger partial charge in [-0.1, -0.05) is 77.4 Å². The molecule has 3 aromatic rings. The Morgan fingerprint density at radius 3 is 1.70 bits per heavy atom.